The zero-order valence-electron chi connectivity index (χ0n) is 22.4. The zero-order valence-corrected chi connectivity index (χ0v) is 23.1. The Balaban J connectivity index is 1.36. The van der Waals surface area contributed by atoms with Crippen LogP contribution in [0.2, 0.25) is 5.02 Å². The summed E-state index contributed by atoms with van der Waals surface area (Å²) in [7, 11) is 0. The van der Waals surface area contributed by atoms with Gasteiger partial charge < -0.3 is 19.5 Å². The highest BCUT2D eigenvalue weighted by atomic mass is 35.5. The van der Waals surface area contributed by atoms with Gasteiger partial charge in [-0.1, -0.05) is 38.4 Å². The summed E-state index contributed by atoms with van der Waals surface area (Å²) in [5.41, 5.74) is 2.08. The highest BCUT2D eigenvalue weighted by Crippen LogP contribution is 2.33. The van der Waals surface area contributed by atoms with Crippen LogP contribution >= 0.6 is 11.6 Å². The number of amides is 2. The van der Waals surface area contributed by atoms with E-state index in [1.807, 2.05) is 31.7 Å². The van der Waals surface area contributed by atoms with Crippen molar-refractivity contribution >= 4 is 46.6 Å². The summed E-state index contributed by atoms with van der Waals surface area (Å²) in [5, 5.41) is 14.7. The largest absolute Gasteiger partial charge is 0.456 e. The fourth-order valence-electron chi connectivity index (χ4n) is 4.40. The van der Waals surface area contributed by atoms with Gasteiger partial charge in [0.1, 0.15) is 11.5 Å². The van der Waals surface area contributed by atoms with Crippen molar-refractivity contribution in [2.45, 2.75) is 27.7 Å². The molecule has 2 amide bonds. The fourth-order valence-corrected chi connectivity index (χ4v) is 4.70. The van der Waals surface area contributed by atoms with Crippen LogP contribution in [0.5, 0.6) is 0 Å². The van der Waals surface area contributed by atoms with Gasteiger partial charge in [0.05, 0.1) is 21.2 Å². The Labute approximate surface area is 232 Å². The minimum Gasteiger partial charge on any atom is -0.456 e. The Morgan fingerprint density at radius 2 is 1.77 bits per heavy atom. The van der Waals surface area contributed by atoms with E-state index in [9.17, 15) is 19.7 Å². The Morgan fingerprint density at radius 1 is 1.05 bits per heavy atom. The molecule has 1 aliphatic heterocycles. The second-order valence-corrected chi connectivity index (χ2v) is 10.9. The van der Waals surface area contributed by atoms with Crippen LogP contribution in [0, 0.1) is 22.5 Å². The van der Waals surface area contributed by atoms with Crippen LogP contribution in [0.1, 0.15) is 32.1 Å². The lowest BCUT2D eigenvalue weighted by atomic mass is 9.94. The normalized spacial score (nSPS) is 14.1. The summed E-state index contributed by atoms with van der Waals surface area (Å²) in [4.78, 5) is 40.0. The summed E-state index contributed by atoms with van der Waals surface area (Å²) in [5.74, 6) is 0.481. The molecule has 0 radical (unpaired) electrons. The summed E-state index contributed by atoms with van der Waals surface area (Å²) >= 11 is 6.54. The maximum atomic E-state index is 12.5. The minimum absolute atomic E-state index is 0.0433. The number of piperazine rings is 1. The van der Waals surface area contributed by atoms with Crippen LogP contribution < -0.4 is 10.2 Å². The van der Waals surface area contributed by atoms with Gasteiger partial charge >= 0.3 is 0 Å². The van der Waals surface area contributed by atoms with Crippen LogP contribution in [0.25, 0.3) is 17.4 Å². The Morgan fingerprint density at radius 3 is 2.41 bits per heavy atom. The fraction of sp³-hybridized carbons (Fsp3) is 0.310. The van der Waals surface area contributed by atoms with E-state index in [0.717, 1.165) is 11.3 Å². The number of halogens is 1. The summed E-state index contributed by atoms with van der Waals surface area (Å²) < 4.78 is 5.72. The zero-order chi connectivity index (χ0) is 28.3. The molecule has 3 aromatic rings. The average Bonchev–Trinajstić information content (AvgIpc) is 3.35. The van der Waals surface area contributed by atoms with E-state index in [2.05, 4.69) is 10.2 Å². The first kappa shape index (κ1) is 27.9. The van der Waals surface area contributed by atoms with Gasteiger partial charge in [-0.05, 0) is 55.0 Å². The van der Waals surface area contributed by atoms with Gasteiger partial charge in [-0.15, -0.1) is 0 Å². The molecule has 0 bridgehead atoms. The smallest absolute Gasteiger partial charge is 0.280 e. The van der Waals surface area contributed by atoms with E-state index < -0.39 is 10.3 Å². The van der Waals surface area contributed by atoms with E-state index in [0.29, 0.717) is 54.0 Å². The maximum Gasteiger partial charge on any atom is 0.280 e. The van der Waals surface area contributed by atoms with Gasteiger partial charge in [-0.2, -0.15) is 0 Å². The molecule has 0 atom stereocenters. The third-order valence-electron chi connectivity index (χ3n) is 6.41. The van der Waals surface area contributed by atoms with Crippen LogP contribution in [0.15, 0.2) is 59.0 Å². The number of carbonyl (C=O) groups excluding carboxylic acids is 2. The van der Waals surface area contributed by atoms with Gasteiger partial charge in [-0.3, -0.25) is 19.7 Å². The van der Waals surface area contributed by atoms with Crippen molar-refractivity contribution < 1.29 is 18.9 Å². The lowest BCUT2D eigenvalue weighted by molar-refractivity contribution is -0.384. The summed E-state index contributed by atoms with van der Waals surface area (Å²) in [6, 6.07) is 13.5. The van der Waals surface area contributed by atoms with Crippen molar-refractivity contribution in [1.29, 1.82) is 0 Å². The van der Waals surface area contributed by atoms with Gasteiger partial charge in [0.25, 0.3) is 5.69 Å². The first-order valence-electron chi connectivity index (χ1n) is 12.6. The number of nitro groups is 1. The van der Waals surface area contributed by atoms with E-state index in [1.165, 1.54) is 18.2 Å². The van der Waals surface area contributed by atoms with Gasteiger partial charge in [0.2, 0.25) is 11.8 Å². The Bertz CT molecular complexity index is 1430. The first-order chi connectivity index (χ1) is 18.4. The quantitative estimate of drug-likeness (QED) is 0.223. The van der Waals surface area contributed by atoms with E-state index in [-0.39, 0.29) is 17.5 Å². The van der Waals surface area contributed by atoms with Gasteiger partial charge in [0.15, 0.2) is 0 Å². The van der Waals surface area contributed by atoms with Crippen molar-refractivity contribution in [2.24, 2.45) is 5.41 Å². The molecule has 0 saturated carbocycles. The monoisotopic (exact) mass is 550 g/mol. The summed E-state index contributed by atoms with van der Waals surface area (Å²) in [6.07, 6.45) is 2.81. The lowest BCUT2D eigenvalue weighted by Crippen LogP contribution is -2.51. The molecule has 9 nitrogen and oxygen atoms in total. The maximum absolute atomic E-state index is 12.5. The molecule has 2 aromatic carbocycles. The third-order valence-corrected chi connectivity index (χ3v) is 6.71. The predicted octanol–water partition coefficient (Wildman–Crippen LogP) is 6.16. The van der Waals surface area contributed by atoms with E-state index in [4.69, 9.17) is 16.0 Å². The number of hydrogen-bond donors (Lipinski definition) is 1. The molecule has 1 fully saturated rings. The second-order valence-electron chi connectivity index (χ2n) is 10.5. The molecule has 0 aliphatic carbocycles. The number of nitrogens with zero attached hydrogens (tertiary/aromatic N) is 3. The third kappa shape index (κ3) is 6.67. The Kier molecular flexibility index (Phi) is 8.11. The molecular formula is C29H31ClN4O5. The predicted molar refractivity (Wildman–Crippen MR) is 153 cm³/mol. The van der Waals surface area contributed by atoms with Gasteiger partial charge in [-0.25, -0.2) is 0 Å². The molecule has 10 heteroatoms. The molecule has 1 saturated heterocycles. The van der Waals surface area contributed by atoms with Crippen molar-refractivity contribution in [2.75, 3.05) is 36.4 Å². The number of furan rings is 1. The molecular weight excluding hydrogens is 520 g/mol. The number of hydrogen-bond acceptors (Lipinski definition) is 6. The van der Waals surface area contributed by atoms with Crippen LogP contribution in [0.3, 0.4) is 0 Å². The molecule has 4 rings (SSSR count). The minimum atomic E-state index is -0.446. The van der Waals surface area contributed by atoms with Crippen molar-refractivity contribution in [3.8, 4) is 11.3 Å². The highest BCUT2D eigenvalue weighted by Gasteiger charge is 2.30. The lowest BCUT2D eigenvalue weighted by Gasteiger charge is -2.39. The number of rotatable bonds is 6. The van der Waals surface area contributed by atoms with Gasteiger partial charge in [0, 0.05) is 49.4 Å². The molecule has 1 N–H and O–H groups in total. The molecule has 0 unspecified atom stereocenters. The molecule has 204 valence electrons. The number of nitro benzene ring substituents is 1. The van der Waals surface area contributed by atoms with Crippen LogP contribution in [-0.4, -0.2) is 47.8 Å². The van der Waals surface area contributed by atoms with Crippen LogP contribution in [-0.2, 0) is 9.59 Å². The Hall–Kier alpha value is -4.11. The first-order valence-corrected chi connectivity index (χ1v) is 13.0. The topological polar surface area (TPSA) is 109 Å². The number of aryl methyl sites for hydroxylation is 1. The highest BCUT2D eigenvalue weighted by molar-refractivity contribution is 6.33. The number of carbonyl (C=O) groups is 2. The molecule has 0 spiro atoms. The molecule has 39 heavy (non-hydrogen) atoms. The summed E-state index contributed by atoms with van der Waals surface area (Å²) in [6.45, 7) is 10.2. The number of anilines is 2. The standard InChI is InChI=1S/C29H31ClN4O5/c1-19-5-9-22(25(17-19)34(37)38)26-11-7-21(39-26)8-12-27(35)31-20-6-10-24(23(30)18-20)32-13-15-33(16-14-32)28(36)29(2,3)4/h5-12,17-18H,13-16H2,1-4H3,(H,31,35)/b12-8+. The van der Waals surface area contributed by atoms with E-state index >= 15 is 0 Å². The number of benzene rings is 2. The molecule has 1 aromatic heterocycles. The van der Waals surface area contributed by atoms with Crippen molar-refractivity contribution in [3.63, 3.8) is 0 Å². The van der Waals surface area contributed by atoms with E-state index in [1.54, 1.807) is 43.3 Å². The molecule has 2 heterocycles. The average molecular weight is 551 g/mol. The number of nitrogens with one attached hydrogen (secondary N) is 1. The molecule has 1 aliphatic rings. The second kappa shape index (κ2) is 11.3. The van der Waals surface area contributed by atoms with Crippen molar-refractivity contribution in [1.82, 2.24) is 4.90 Å². The van der Waals surface area contributed by atoms with Crippen molar-refractivity contribution in [3.05, 3.63) is 81.1 Å². The SMILES string of the molecule is Cc1ccc(-c2ccc(/C=C/C(=O)Nc3ccc(N4CCN(C(=O)C(C)(C)C)CC4)c(Cl)c3)o2)c([N+](=O)[O-])c1. The van der Waals surface area contributed by atoms with Crippen LogP contribution in [0.4, 0.5) is 17.1 Å².